The number of ether oxygens (including phenoxy) is 3. The summed E-state index contributed by atoms with van der Waals surface area (Å²) in [6, 6.07) is 9.64. The Hall–Kier alpha value is -3.00. The summed E-state index contributed by atoms with van der Waals surface area (Å²) in [6.07, 6.45) is 0.755. The molecule has 1 amide bonds. The monoisotopic (exact) mass is 469 g/mol. The minimum atomic E-state index is -0.810. The third-order valence-electron chi connectivity index (χ3n) is 6.41. The second kappa shape index (κ2) is 10.5. The number of amidine groups is 1. The normalized spacial score (nSPS) is 18.6. The van der Waals surface area contributed by atoms with Gasteiger partial charge in [-0.25, -0.2) is 4.98 Å². The van der Waals surface area contributed by atoms with Crippen LogP contribution >= 0.6 is 0 Å². The quantitative estimate of drug-likeness (QED) is 0.551. The van der Waals surface area contributed by atoms with Crippen molar-refractivity contribution in [1.82, 2.24) is 9.88 Å². The van der Waals surface area contributed by atoms with Crippen molar-refractivity contribution >= 4 is 28.8 Å². The highest BCUT2D eigenvalue weighted by Crippen LogP contribution is 2.32. The van der Waals surface area contributed by atoms with Crippen molar-refractivity contribution in [2.24, 2.45) is 11.3 Å². The highest BCUT2D eigenvalue weighted by atomic mass is 16.5. The molecule has 34 heavy (non-hydrogen) atoms. The molecule has 8 nitrogen and oxygen atoms in total. The van der Waals surface area contributed by atoms with Crippen molar-refractivity contribution in [2.75, 3.05) is 20.3 Å². The molecule has 1 N–H and O–H groups in total. The van der Waals surface area contributed by atoms with Gasteiger partial charge in [-0.05, 0) is 50.3 Å². The molecule has 0 bridgehead atoms. The van der Waals surface area contributed by atoms with E-state index in [2.05, 4.69) is 4.98 Å². The zero-order valence-electron chi connectivity index (χ0n) is 20.9. The molecule has 0 radical (unpaired) electrons. The Morgan fingerprint density at radius 2 is 1.97 bits per heavy atom. The van der Waals surface area contributed by atoms with Crippen molar-refractivity contribution < 1.29 is 23.8 Å². The highest BCUT2D eigenvalue weighted by molar-refractivity contribution is 5.97. The summed E-state index contributed by atoms with van der Waals surface area (Å²) in [5, 5.41) is 9.15. The van der Waals surface area contributed by atoms with Crippen LogP contribution in [0.15, 0.2) is 30.3 Å². The number of aryl methyl sites for hydroxylation is 1. The van der Waals surface area contributed by atoms with Gasteiger partial charge in [0.25, 0.3) is 6.02 Å². The van der Waals surface area contributed by atoms with Gasteiger partial charge in [0.2, 0.25) is 5.91 Å². The smallest absolute Gasteiger partial charge is 0.303 e. The Morgan fingerprint density at radius 3 is 2.62 bits per heavy atom. The van der Waals surface area contributed by atoms with Crippen LogP contribution in [-0.4, -0.2) is 54.1 Å². The van der Waals surface area contributed by atoms with Crippen molar-refractivity contribution in [1.29, 1.82) is 5.41 Å². The van der Waals surface area contributed by atoms with E-state index in [9.17, 15) is 9.59 Å². The summed E-state index contributed by atoms with van der Waals surface area (Å²) in [5.41, 5.74) is 1.73. The Bertz CT molecular complexity index is 1070. The summed E-state index contributed by atoms with van der Waals surface area (Å²) < 4.78 is 16.1. The SMILES string of the molecule is COC[C@@](C)(CCc1ccc2ccc([C@@H](C)OC(C)=O)nc2c1)C(=O)N1C(=N)OC[C@H]1C(C)C. The summed E-state index contributed by atoms with van der Waals surface area (Å²) >= 11 is 0. The number of fused-ring (bicyclic) bond motifs is 1. The van der Waals surface area contributed by atoms with Crippen LogP contribution in [0.4, 0.5) is 0 Å². The van der Waals surface area contributed by atoms with E-state index >= 15 is 0 Å². The molecule has 1 aromatic heterocycles. The Morgan fingerprint density at radius 1 is 1.26 bits per heavy atom. The molecular weight excluding hydrogens is 434 g/mol. The largest absolute Gasteiger partial charge is 0.463 e. The number of amides is 1. The maximum atomic E-state index is 13.6. The molecule has 0 aliphatic carbocycles. The zero-order chi connectivity index (χ0) is 25.0. The predicted molar refractivity (Wildman–Crippen MR) is 129 cm³/mol. The van der Waals surface area contributed by atoms with Crippen LogP contribution in [0.3, 0.4) is 0 Å². The minimum Gasteiger partial charge on any atom is -0.463 e. The Labute approximate surface area is 201 Å². The lowest BCUT2D eigenvalue weighted by molar-refractivity contribution is -0.146. The van der Waals surface area contributed by atoms with Gasteiger partial charge >= 0.3 is 5.97 Å². The van der Waals surface area contributed by atoms with Crippen LogP contribution < -0.4 is 0 Å². The highest BCUT2D eigenvalue weighted by Gasteiger charge is 2.45. The molecule has 8 heteroatoms. The molecule has 0 unspecified atom stereocenters. The zero-order valence-corrected chi connectivity index (χ0v) is 20.9. The van der Waals surface area contributed by atoms with Crippen LogP contribution in [0.5, 0.6) is 0 Å². The molecule has 2 heterocycles. The first kappa shape index (κ1) is 25.6. The topological polar surface area (TPSA) is 102 Å². The van der Waals surface area contributed by atoms with Crippen LogP contribution in [0.1, 0.15) is 58.4 Å². The fourth-order valence-electron chi connectivity index (χ4n) is 4.33. The average molecular weight is 470 g/mol. The first-order chi connectivity index (χ1) is 16.1. The third kappa shape index (κ3) is 5.55. The number of hydrogen-bond acceptors (Lipinski definition) is 7. The van der Waals surface area contributed by atoms with Gasteiger partial charge in [-0.3, -0.25) is 19.9 Å². The number of nitrogens with one attached hydrogen (secondary N) is 1. The molecule has 3 rings (SSSR count). The van der Waals surface area contributed by atoms with Gasteiger partial charge in [0, 0.05) is 19.4 Å². The van der Waals surface area contributed by atoms with Crippen molar-refractivity contribution in [2.45, 2.75) is 59.6 Å². The number of carbonyl (C=O) groups is 2. The summed E-state index contributed by atoms with van der Waals surface area (Å²) in [6.45, 7) is 9.71. The first-order valence-electron chi connectivity index (χ1n) is 11.7. The number of nitrogens with zero attached hydrogens (tertiary/aromatic N) is 2. The summed E-state index contributed by atoms with van der Waals surface area (Å²) in [7, 11) is 1.59. The Kier molecular flexibility index (Phi) is 7.92. The molecule has 3 atom stereocenters. The van der Waals surface area contributed by atoms with Gasteiger partial charge in [0.15, 0.2) is 0 Å². The van der Waals surface area contributed by atoms with Gasteiger partial charge in [0.1, 0.15) is 12.7 Å². The molecule has 1 aromatic carbocycles. The number of rotatable bonds is 9. The maximum absolute atomic E-state index is 13.6. The van der Waals surface area contributed by atoms with E-state index in [4.69, 9.17) is 19.6 Å². The molecule has 1 aliphatic heterocycles. The van der Waals surface area contributed by atoms with Crippen molar-refractivity contribution in [3.05, 3.63) is 41.6 Å². The molecule has 1 fully saturated rings. The number of aromatic nitrogens is 1. The first-order valence-corrected chi connectivity index (χ1v) is 11.7. The van der Waals surface area contributed by atoms with E-state index in [-0.39, 0.29) is 36.5 Å². The molecule has 1 saturated heterocycles. The van der Waals surface area contributed by atoms with E-state index in [0.29, 0.717) is 25.1 Å². The number of esters is 1. The van der Waals surface area contributed by atoms with Gasteiger partial charge in [-0.2, -0.15) is 0 Å². The van der Waals surface area contributed by atoms with Gasteiger partial charge in [-0.15, -0.1) is 0 Å². The van der Waals surface area contributed by atoms with E-state index in [1.165, 1.54) is 11.8 Å². The standard InChI is InChI=1S/C26H35N3O5/c1-16(2)23-14-33-25(27)29(23)24(31)26(5,15-32-6)12-11-19-7-8-20-9-10-21(28-22(20)13-19)17(3)34-18(4)30/h7-10,13,16-17,23,27H,11-12,14-15H2,1-6H3/t17-,23+,26-/m1/s1. The van der Waals surface area contributed by atoms with Gasteiger partial charge in [-0.1, -0.05) is 32.0 Å². The van der Waals surface area contributed by atoms with E-state index in [1.807, 2.05) is 51.1 Å². The molecule has 1 aliphatic rings. The van der Waals surface area contributed by atoms with Crippen molar-refractivity contribution in [3.63, 3.8) is 0 Å². The number of methoxy groups -OCH3 is 1. The molecule has 0 spiro atoms. The van der Waals surface area contributed by atoms with Crippen LogP contribution in [0, 0.1) is 16.7 Å². The molecule has 0 saturated carbocycles. The van der Waals surface area contributed by atoms with E-state index in [1.54, 1.807) is 14.0 Å². The second-order valence-corrected chi connectivity index (χ2v) is 9.61. The number of benzene rings is 1. The van der Waals surface area contributed by atoms with Crippen molar-refractivity contribution in [3.8, 4) is 0 Å². The number of carbonyl (C=O) groups excluding carboxylic acids is 2. The summed E-state index contributed by atoms with van der Waals surface area (Å²) in [4.78, 5) is 31.1. The number of pyridine rings is 1. The molecule has 2 aromatic rings. The maximum Gasteiger partial charge on any atom is 0.303 e. The van der Waals surface area contributed by atoms with Gasteiger partial charge < -0.3 is 14.2 Å². The fourth-order valence-corrected chi connectivity index (χ4v) is 4.33. The fraction of sp³-hybridized carbons (Fsp3) is 0.538. The number of hydrogen-bond donors (Lipinski definition) is 1. The molecular formula is C26H35N3O5. The predicted octanol–water partition coefficient (Wildman–Crippen LogP) is 4.26. The lowest BCUT2D eigenvalue weighted by Gasteiger charge is -2.34. The lowest BCUT2D eigenvalue weighted by Crippen LogP contribution is -2.50. The van der Waals surface area contributed by atoms with E-state index < -0.39 is 11.5 Å². The van der Waals surface area contributed by atoms with Crippen LogP contribution in [-0.2, 0) is 30.2 Å². The Balaban J connectivity index is 1.81. The lowest BCUT2D eigenvalue weighted by atomic mass is 9.82. The minimum absolute atomic E-state index is 0.0876. The average Bonchev–Trinajstić information content (AvgIpc) is 3.17. The second-order valence-electron chi connectivity index (χ2n) is 9.61. The van der Waals surface area contributed by atoms with Gasteiger partial charge in [0.05, 0.1) is 29.3 Å². The summed E-state index contributed by atoms with van der Waals surface area (Å²) in [5.74, 6) is -0.317. The molecule has 184 valence electrons. The van der Waals surface area contributed by atoms with E-state index in [0.717, 1.165) is 16.5 Å². The third-order valence-corrected chi connectivity index (χ3v) is 6.41. The van der Waals surface area contributed by atoms with Crippen LogP contribution in [0.2, 0.25) is 0 Å². The van der Waals surface area contributed by atoms with Crippen LogP contribution in [0.25, 0.3) is 10.9 Å².